The Morgan fingerprint density at radius 2 is 1.85 bits per heavy atom. The fraction of sp³-hybridized carbons (Fsp3) is 0.857. The van der Waals surface area contributed by atoms with E-state index >= 15 is 0 Å². The van der Waals surface area contributed by atoms with Crippen LogP contribution in [0.3, 0.4) is 0 Å². The summed E-state index contributed by atoms with van der Waals surface area (Å²) in [7, 11) is -3.46. The molecule has 0 radical (unpaired) electrons. The van der Waals surface area contributed by atoms with E-state index in [0.717, 1.165) is 0 Å². The lowest BCUT2D eigenvalue weighted by Gasteiger charge is -2.11. The first-order valence-electron chi connectivity index (χ1n) is 3.97. The van der Waals surface area contributed by atoms with Crippen molar-refractivity contribution in [3.05, 3.63) is 0 Å². The Bertz CT molecular complexity index is 270. The zero-order valence-electron chi connectivity index (χ0n) is 7.94. The lowest BCUT2D eigenvalue weighted by Crippen LogP contribution is -2.40. The first-order chi connectivity index (χ1) is 5.74. The fourth-order valence-electron chi connectivity index (χ4n) is 0.807. The number of hydrogen-bond acceptors (Lipinski definition) is 3. The lowest BCUT2D eigenvalue weighted by molar-refractivity contribution is -0.138. The van der Waals surface area contributed by atoms with E-state index in [1.165, 1.54) is 6.92 Å². The highest BCUT2D eigenvalue weighted by Gasteiger charge is 2.19. The third-order valence-corrected chi connectivity index (χ3v) is 3.10. The van der Waals surface area contributed by atoms with Gasteiger partial charge in [-0.05, 0) is 12.8 Å². The zero-order valence-corrected chi connectivity index (χ0v) is 8.76. The van der Waals surface area contributed by atoms with Gasteiger partial charge in [-0.25, -0.2) is 13.1 Å². The Kier molecular flexibility index (Phi) is 4.35. The van der Waals surface area contributed by atoms with Crippen molar-refractivity contribution < 1.29 is 18.3 Å². The quantitative estimate of drug-likeness (QED) is 0.669. The molecular formula is C7H15NO4S. The maximum Gasteiger partial charge on any atom is 0.321 e. The highest BCUT2D eigenvalue weighted by Crippen LogP contribution is 1.98. The molecule has 0 aromatic rings. The third-order valence-electron chi connectivity index (χ3n) is 1.28. The molecule has 0 saturated carbocycles. The van der Waals surface area contributed by atoms with Crippen LogP contribution in [0.5, 0.6) is 0 Å². The number of carboxylic acid groups (broad SMARTS) is 1. The van der Waals surface area contributed by atoms with Crippen molar-refractivity contribution in [2.45, 2.75) is 26.8 Å². The number of hydrogen-bond donors (Lipinski definition) is 2. The van der Waals surface area contributed by atoms with Crippen LogP contribution in [0.2, 0.25) is 0 Å². The minimum Gasteiger partial charge on any atom is -0.480 e. The maximum absolute atomic E-state index is 11.2. The van der Waals surface area contributed by atoms with Gasteiger partial charge in [-0.1, -0.05) is 13.8 Å². The molecule has 0 aliphatic rings. The summed E-state index contributed by atoms with van der Waals surface area (Å²) in [5.41, 5.74) is 0. The van der Waals surface area contributed by atoms with E-state index < -0.39 is 22.0 Å². The second kappa shape index (κ2) is 4.57. The Hall–Kier alpha value is -0.620. The number of carboxylic acids is 1. The average Bonchev–Trinajstić information content (AvgIpc) is 1.81. The number of aliphatic carboxylic acids is 1. The van der Waals surface area contributed by atoms with Crippen LogP contribution in [0.4, 0.5) is 0 Å². The minimum atomic E-state index is -3.46. The molecule has 0 aromatic heterocycles. The molecule has 0 amide bonds. The van der Waals surface area contributed by atoms with E-state index in [-0.39, 0.29) is 11.7 Å². The van der Waals surface area contributed by atoms with E-state index in [1.54, 1.807) is 13.8 Å². The van der Waals surface area contributed by atoms with Gasteiger partial charge in [0.2, 0.25) is 10.0 Å². The Morgan fingerprint density at radius 1 is 1.38 bits per heavy atom. The molecule has 0 rings (SSSR count). The summed E-state index contributed by atoms with van der Waals surface area (Å²) >= 11 is 0. The van der Waals surface area contributed by atoms with E-state index in [9.17, 15) is 13.2 Å². The molecule has 0 spiro atoms. The van der Waals surface area contributed by atoms with Gasteiger partial charge in [0, 0.05) is 0 Å². The predicted molar refractivity (Wildman–Crippen MR) is 48.9 cm³/mol. The molecule has 13 heavy (non-hydrogen) atoms. The second-order valence-electron chi connectivity index (χ2n) is 3.35. The molecule has 0 saturated heterocycles. The monoisotopic (exact) mass is 209 g/mol. The largest absolute Gasteiger partial charge is 0.480 e. The van der Waals surface area contributed by atoms with Gasteiger partial charge in [-0.15, -0.1) is 0 Å². The van der Waals surface area contributed by atoms with Crippen molar-refractivity contribution in [1.29, 1.82) is 0 Å². The molecule has 0 fully saturated rings. The number of sulfonamides is 1. The predicted octanol–water partition coefficient (Wildman–Crippen LogP) is 0.0349. The van der Waals surface area contributed by atoms with Crippen LogP contribution in [-0.4, -0.2) is 31.3 Å². The molecule has 0 unspecified atom stereocenters. The van der Waals surface area contributed by atoms with Gasteiger partial charge in [-0.2, -0.15) is 0 Å². The first kappa shape index (κ1) is 12.4. The minimum absolute atomic E-state index is 0.0153. The normalized spacial score (nSPS) is 14.5. The van der Waals surface area contributed by atoms with Crippen LogP contribution in [0, 0.1) is 5.92 Å². The summed E-state index contributed by atoms with van der Waals surface area (Å²) < 4.78 is 24.4. The first-order valence-corrected chi connectivity index (χ1v) is 5.62. The standard InChI is InChI=1S/C7H15NO4S/c1-5(2)4-13(11,12)8-6(3)7(9)10/h5-6,8H,4H2,1-3H3,(H,9,10)/t6-/m0/s1. The number of nitrogens with one attached hydrogen (secondary N) is 1. The van der Waals surface area contributed by atoms with E-state index in [1.807, 2.05) is 0 Å². The highest BCUT2D eigenvalue weighted by atomic mass is 32.2. The molecule has 0 aliphatic heterocycles. The SMILES string of the molecule is CC(C)CS(=O)(=O)N[C@@H](C)C(=O)O. The Balaban J connectivity index is 4.27. The second-order valence-corrected chi connectivity index (χ2v) is 5.15. The summed E-state index contributed by atoms with van der Waals surface area (Å²) in [6, 6.07) is -1.07. The van der Waals surface area contributed by atoms with E-state index in [4.69, 9.17) is 5.11 Å². The van der Waals surface area contributed by atoms with Crippen molar-refractivity contribution in [2.24, 2.45) is 5.92 Å². The fourth-order valence-corrected chi connectivity index (χ4v) is 2.42. The van der Waals surface area contributed by atoms with Gasteiger partial charge in [0.05, 0.1) is 5.75 Å². The van der Waals surface area contributed by atoms with Crippen molar-refractivity contribution in [3.8, 4) is 0 Å². The van der Waals surface area contributed by atoms with Gasteiger partial charge in [0.25, 0.3) is 0 Å². The van der Waals surface area contributed by atoms with Crippen molar-refractivity contribution >= 4 is 16.0 Å². The van der Waals surface area contributed by atoms with Gasteiger partial charge in [-0.3, -0.25) is 4.79 Å². The van der Waals surface area contributed by atoms with Crippen LogP contribution in [0.1, 0.15) is 20.8 Å². The average molecular weight is 209 g/mol. The van der Waals surface area contributed by atoms with E-state index in [0.29, 0.717) is 0 Å². The smallest absolute Gasteiger partial charge is 0.321 e. The summed E-state index contributed by atoms with van der Waals surface area (Å²) in [6.45, 7) is 4.80. The number of carbonyl (C=O) groups is 1. The van der Waals surface area contributed by atoms with Crippen LogP contribution < -0.4 is 4.72 Å². The molecule has 5 nitrogen and oxygen atoms in total. The maximum atomic E-state index is 11.2. The van der Waals surface area contributed by atoms with Crippen LogP contribution >= 0.6 is 0 Å². The topological polar surface area (TPSA) is 83.5 Å². The lowest BCUT2D eigenvalue weighted by atomic mass is 10.3. The van der Waals surface area contributed by atoms with Crippen molar-refractivity contribution in [1.82, 2.24) is 4.72 Å². The summed E-state index contributed by atoms with van der Waals surface area (Å²) in [5.74, 6) is -1.24. The van der Waals surface area contributed by atoms with Crippen LogP contribution in [-0.2, 0) is 14.8 Å². The summed E-state index contributed by atoms with van der Waals surface area (Å²) in [4.78, 5) is 10.3. The summed E-state index contributed by atoms with van der Waals surface area (Å²) in [5, 5.41) is 8.45. The highest BCUT2D eigenvalue weighted by molar-refractivity contribution is 7.89. The summed E-state index contributed by atoms with van der Waals surface area (Å²) in [6.07, 6.45) is 0. The zero-order chi connectivity index (χ0) is 10.6. The molecular weight excluding hydrogens is 194 g/mol. The molecule has 0 heterocycles. The number of rotatable bonds is 5. The molecule has 2 N–H and O–H groups in total. The van der Waals surface area contributed by atoms with Gasteiger partial charge in [0.1, 0.15) is 6.04 Å². The Morgan fingerprint density at radius 3 is 2.15 bits per heavy atom. The molecule has 0 bridgehead atoms. The van der Waals surface area contributed by atoms with Crippen molar-refractivity contribution in [2.75, 3.05) is 5.75 Å². The van der Waals surface area contributed by atoms with Crippen LogP contribution in [0.15, 0.2) is 0 Å². The van der Waals surface area contributed by atoms with Gasteiger partial charge >= 0.3 is 5.97 Å². The molecule has 78 valence electrons. The van der Waals surface area contributed by atoms with E-state index in [2.05, 4.69) is 4.72 Å². The molecule has 1 atom stereocenters. The van der Waals surface area contributed by atoms with Crippen molar-refractivity contribution in [3.63, 3.8) is 0 Å². The molecule has 0 aliphatic carbocycles. The molecule has 0 aromatic carbocycles. The third kappa shape index (κ3) is 5.59. The van der Waals surface area contributed by atoms with Crippen LogP contribution in [0.25, 0.3) is 0 Å². The Labute approximate surface area is 78.2 Å². The van der Waals surface area contributed by atoms with Gasteiger partial charge < -0.3 is 5.11 Å². The van der Waals surface area contributed by atoms with Gasteiger partial charge in [0.15, 0.2) is 0 Å². The molecule has 6 heteroatoms.